The van der Waals surface area contributed by atoms with Crippen LogP contribution in [0.2, 0.25) is 0 Å². The van der Waals surface area contributed by atoms with Crippen molar-refractivity contribution in [3.63, 3.8) is 0 Å². The van der Waals surface area contributed by atoms with E-state index in [1.807, 2.05) is 72.8 Å². The third-order valence-electron chi connectivity index (χ3n) is 5.32. The van der Waals surface area contributed by atoms with Crippen LogP contribution in [-0.4, -0.2) is 26.7 Å². The molecule has 8 nitrogen and oxygen atoms in total. The number of rotatable bonds is 6. The van der Waals surface area contributed by atoms with E-state index in [0.29, 0.717) is 22.9 Å². The Kier molecular flexibility index (Phi) is 7.05. The fourth-order valence-corrected chi connectivity index (χ4v) is 3.89. The first-order valence-electron chi connectivity index (χ1n) is 11.4. The van der Waals surface area contributed by atoms with Crippen LogP contribution in [0.1, 0.15) is 10.6 Å². The summed E-state index contributed by atoms with van der Waals surface area (Å²) in [5.41, 5.74) is 3.27. The summed E-state index contributed by atoms with van der Waals surface area (Å²) in [4.78, 5) is 30.0. The number of anilines is 3. The molecule has 182 valence electrons. The minimum absolute atomic E-state index is 0.0157. The lowest BCUT2D eigenvalue weighted by Gasteiger charge is -2.09. The van der Waals surface area contributed by atoms with Crippen molar-refractivity contribution in [2.45, 2.75) is 0 Å². The fraction of sp³-hybridized carbons (Fsp3) is 0. The van der Waals surface area contributed by atoms with Gasteiger partial charge in [-0.25, -0.2) is 14.5 Å². The molecule has 0 aliphatic carbocycles. The molecule has 0 unspecified atom stereocenters. The van der Waals surface area contributed by atoms with Crippen LogP contribution in [0.3, 0.4) is 0 Å². The SMILES string of the molecule is O=C(Nc1ccccc1)Nc1cccc(NC(=O)c2nc(-c3ccccc3)n(-c3ccc(Br)cc3)n2)c1. The second-order valence-electron chi connectivity index (χ2n) is 7.99. The molecule has 9 heteroatoms. The standard InChI is InChI=1S/C28H21BrN6O2/c29-20-14-16-24(17-15-20)35-26(19-8-3-1-4-9-19)33-25(34-35)27(36)30-22-12-7-13-23(18-22)32-28(37)31-21-10-5-2-6-11-21/h1-18H,(H,30,36)(H2,31,32,37). The molecule has 37 heavy (non-hydrogen) atoms. The van der Waals surface area contributed by atoms with E-state index in [1.165, 1.54) is 0 Å². The van der Waals surface area contributed by atoms with Crippen molar-refractivity contribution < 1.29 is 9.59 Å². The van der Waals surface area contributed by atoms with Gasteiger partial charge in [0, 0.05) is 27.1 Å². The van der Waals surface area contributed by atoms with Crippen LogP contribution in [0.4, 0.5) is 21.9 Å². The Hall–Kier alpha value is -4.76. The molecule has 0 fully saturated rings. The van der Waals surface area contributed by atoms with Gasteiger partial charge in [0.2, 0.25) is 5.82 Å². The molecule has 0 saturated heterocycles. The topological polar surface area (TPSA) is 101 Å². The number of urea groups is 1. The van der Waals surface area contributed by atoms with Gasteiger partial charge in [0.05, 0.1) is 5.69 Å². The van der Waals surface area contributed by atoms with Crippen LogP contribution >= 0.6 is 15.9 Å². The van der Waals surface area contributed by atoms with Gasteiger partial charge < -0.3 is 16.0 Å². The molecule has 1 heterocycles. The number of amides is 3. The molecule has 0 atom stereocenters. The van der Waals surface area contributed by atoms with Gasteiger partial charge in [-0.3, -0.25) is 4.79 Å². The number of nitrogens with one attached hydrogen (secondary N) is 3. The zero-order valence-electron chi connectivity index (χ0n) is 19.4. The van der Waals surface area contributed by atoms with Gasteiger partial charge in [0.15, 0.2) is 5.82 Å². The van der Waals surface area contributed by atoms with Gasteiger partial charge in [-0.05, 0) is 54.6 Å². The quantitative estimate of drug-likeness (QED) is 0.221. The first kappa shape index (κ1) is 24.0. The molecule has 1 aromatic heterocycles. The third-order valence-corrected chi connectivity index (χ3v) is 5.85. The summed E-state index contributed by atoms with van der Waals surface area (Å²) in [6, 6.07) is 32.7. The third kappa shape index (κ3) is 5.91. The second-order valence-corrected chi connectivity index (χ2v) is 8.91. The monoisotopic (exact) mass is 552 g/mol. The molecule has 0 spiro atoms. The number of carbonyl (C=O) groups excluding carboxylic acids is 2. The maximum absolute atomic E-state index is 13.1. The van der Waals surface area contributed by atoms with E-state index in [2.05, 4.69) is 42.0 Å². The number of hydrogen-bond donors (Lipinski definition) is 3. The first-order chi connectivity index (χ1) is 18.0. The molecule has 0 saturated carbocycles. The van der Waals surface area contributed by atoms with Crippen LogP contribution in [0.5, 0.6) is 0 Å². The Morgan fingerprint density at radius 2 is 1.27 bits per heavy atom. The minimum Gasteiger partial charge on any atom is -0.319 e. The number of nitrogens with zero attached hydrogens (tertiary/aromatic N) is 3. The molecular weight excluding hydrogens is 532 g/mol. The Morgan fingerprint density at radius 3 is 1.97 bits per heavy atom. The number of aromatic nitrogens is 3. The predicted octanol–water partition coefficient (Wildman–Crippen LogP) is 6.59. The average Bonchev–Trinajstić information content (AvgIpc) is 3.36. The van der Waals surface area contributed by atoms with Gasteiger partial charge >= 0.3 is 6.03 Å². The van der Waals surface area contributed by atoms with Crippen molar-refractivity contribution in [3.8, 4) is 17.1 Å². The Balaban J connectivity index is 1.35. The lowest BCUT2D eigenvalue weighted by atomic mass is 10.2. The van der Waals surface area contributed by atoms with Crippen molar-refractivity contribution in [2.75, 3.05) is 16.0 Å². The highest BCUT2D eigenvalue weighted by atomic mass is 79.9. The van der Waals surface area contributed by atoms with Gasteiger partial charge in [0.1, 0.15) is 0 Å². The average molecular weight is 553 g/mol. The molecule has 0 radical (unpaired) electrons. The summed E-state index contributed by atoms with van der Waals surface area (Å²) in [5.74, 6) is 0.0851. The lowest BCUT2D eigenvalue weighted by Crippen LogP contribution is -2.19. The fourth-order valence-electron chi connectivity index (χ4n) is 3.62. The number of carbonyl (C=O) groups is 2. The van der Waals surface area contributed by atoms with Gasteiger partial charge in [0.25, 0.3) is 5.91 Å². The molecular formula is C28H21BrN6O2. The second kappa shape index (κ2) is 10.9. The van der Waals surface area contributed by atoms with Crippen LogP contribution in [0, 0.1) is 0 Å². The highest BCUT2D eigenvalue weighted by Crippen LogP contribution is 2.23. The molecule has 0 aliphatic rings. The summed E-state index contributed by atoms with van der Waals surface area (Å²) in [5, 5.41) is 12.8. The Labute approximate surface area is 221 Å². The Morgan fingerprint density at radius 1 is 0.676 bits per heavy atom. The molecule has 3 N–H and O–H groups in total. The maximum Gasteiger partial charge on any atom is 0.323 e. The van der Waals surface area contributed by atoms with Crippen molar-refractivity contribution in [1.29, 1.82) is 0 Å². The normalized spacial score (nSPS) is 10.5. The van der Waals surface area contributed by atoms with E-state index in [9.17, 15) is 9.59 Å². The van der Waals surface area contributed by atoms with E-state index >= 15 is 0 Å². The number of halogens is 1. The maximum atomic E-state index is 13.1. The molecule has 0 bridgehead atoms. The minimum atomic E-state index is -0.473. The van der Waals surface area contributed by atoms with Crippen molar-refractivity contribution >= 4 is 44.9 Å². The highest BCUT2D eigenvalue weighted by Gasteiger charge is 2.19. The van der Waals surface area contributed by atoms with Crippen molar-refractivity contribution in [3.05, 3.63) is 119 Å². The van der Waals surface area contributed by atoms with E-state index in [-0.39, 0.29) is 5.82 Å². The summed E-state index contributed by atoms with van der Waals surface area (Å²) in [6.07, 6.45) is 0. The number of hydrogen-bond acceptors (Lipinski definition) is 4. The molecule has 5 aromatic rings. The van der Waals surface area contributed by atoms with Gasteiger partial charge in [-0.1, -0.05) is 70.5 Å². The van der Waals surface area contributed by atoms with Crippen LogP contribution in [0.15, 0.2) is 114 Å². The lowest BCUT2D eigenvalue weighted by molar-refractivity contribution is 0.101. The van der Waals surface area contributed by atoms with Crippen molar-refractivity contribution in [2.24, 2.45) is 0 Å². The van der Waals surface area contributed by atoms with E-state index in [1.54, 1.807) is 41.1 Å². The number of para-hydroxylation sites is 1. The zero-order valence-corrected chi connectivity index (χ0v) is 21.0. The largest absolute Gasteiger partial charge is 0.323 e. The Bertz CT molecular complexity index is 1540. The van der Waals surface area contributed by atoms with Crippen LogP contribution < -0.4 is 16.0 Å². The molecule has 3 amide bonds. The summed E-state index contributed by atoms with van der Waals surface area (Å²) < 4.78 is 2.57. The summed E-state index contributed by atoms with van der Waals surface area (Å²) >= 11 is 3.44. The summed E-state index contributed by atoms with van der Waals surface area (Å²) in [7, 11) is 0. The number of benzene rings is 4. The smallest absolute Gasteiger partial charge is 0.319 e. The van der Waals surface area contributed by atoms with E-state index in [4.69, 9.17) is 0 Å². The van der Waals surface area contributed by atoms with E-state index in [0.717, 1.165) is 15.7 Å². The predicted molar refractivity (Wildman–Crippen MR) is 148 cm³/mol. The summed E-state index contributed by atoms with van der Waals surface area (Å²) in [6.45, 7) is 0. The highest BCUT2D eigenvalue weighted by molar-refractivity contribution is 9.10. The van der Waals surface area contributed by atoms with Gasteiger partial charge in [-0.15, -0.1) is 5.10 Å². The molecule has 4 aromatic carbocycles. The molecule has 0 aliphatic heterocycles. The zero-order chi connectivity index (χ0) is 25.6. The van der Waals surface area contributed by atoms with Crippen molar-refractivity contribution in [1.82, 2.24) is 14.8 Å². The van der Waals surface area contributed by atoms with Crippen LogP contribution in [0.25, 0.3) is 17.1 Å². The first-order valence-corrected chi connectivity index (χ1v) is 12.2. The van der Waals surface area contributed by atoms with Crippen LogP contribution in [-0.2, 0) is 0 Å². The van der Waals surface area contributed by atoms with Gasteiger partial charge in [-0.2, -0.15) is 0 Å². The molecule has 5 rings (SSSR count). The van der Waals surface area contributed by atoms with E-state index < -0.39 is 11.9 Å².